The van der Waals surface area contributed by atoms with Gasteiger partial charge in [-0.15, -0.1) is 6.58 Å². The highest BCUT2D eigenvalue weighted by molar-refractivity contribution is 5.71. The molecule has 17 heavy (non-hydrogen) atoms. The van der Waals surface area contributed by atoms with Crippen LogP contribution < -0.4 is 0 Å². The van der Waals surface area contributed by atoms with Gasteiger partial charge in [0.15, 0.2) is 0 Å². The Morgan fingerprint density at radius 1 is 1.59 bits per heavy atom. The van der Waals surface area contributed by atoms with E-state index in [2.05, 4.69) is 11.6 Å². The predicted octanol–water partition coefficient (Wildman–Crippen LogP) is 1.63. The predicted molar refractivity (Wildman–Crippen MR) is 66.3 cm³/mol. The summed E-state index contributed by atoms with van der Waals surface area (Å²) >= 11 is 0. The summed E-state index contributed by atoms with van der Waals surface area (Å²) in [5, 5.41) is 0. The minimum absolute atomic E-state index is 0.217. The number of carbonyl (C=O) groups excluding carboxylic acids is 1. The first-order chi connectivity index (χ1) is 8.26. The maximum atomic E-state index is 11.4. The SMILES string of the molecule is C=CCN(CC(=O)OCC)Cc1ccccn1. The fourth-order valence-electron chi connectivity index (χ4n) is 1.48. The summed E-state index contributed by atoms with van der Waals surface area (Å²) in [4.78, 5) is 17.6. The molecule has 1 heterocycles. The fraction of sp³-hybridized carbons (Fsp3) is 0.385. The minimum Gasteiger partial charge on any atom is -0.465 e. The van der Waals surface area contributed by atoms with Gasteiger partial charge in [0, 0.05) is 19.3 Å². The molecule has 92 valence electrons. The Labute approximate surface area is 102 Å². The Bertz CT molecular complexity index is 352. The third-order valence-corrected chi connectivity index (χ3v) is 2.16. The van der Waals surface area contributed by atoms with Gasteiger partial charge in [0.1, 0.15) is 0 Å². The highest BCUT2D eigenvalue weighted by atomic mass is 16.5. The normalized spacial score (nSPS) is 10.2. The molecule has 0 saturated carbocycles. The summed E-state index contributed by atoms with van der Waals surface area (Å²) in [5.41, 5.74) is 0.929. The molecule has 0 aliphatic carbocycles. The molecule has 1 aromatic heterocycles. The van der Waals surface area contributed by atoms with Crippen molar-refractivity contribution in [1.29, 1.82) is 0 Å². The van der Waals surface area contributed by atoms with Crippen molar-refractivity contribution in [3.05, 3.63) is 42.7 Å². The van der Waals surface area contributed by atoms with E-state index in [9.17, 15) is 4.79 Å². The molecule has 0 spiro atoms. The van der Waals surface area contributed by atoms with Crippen LogP contribution in [-0.4, -0.2) is 35.5 Å². The van der Waals surface area contributed by atoms with Gasteiger partial charge < -0.3 is 4.74 Å². The summed E-state index contributed by atoms with van der Waals surface area (Å²) < 4.78 is 4.92. The molecule has 0 saturated heterocycles. The van der Waals surface area contributed by atoms with Crippen molar-refractivity contribution >= 4 is 5.97 Å². The summed E-state index contributed by atoms with van der Waals surface area (Å²) in [6.07, 6.45) is 3.51. The Balaban J connectivity index is 2.54. The van der Waals surface area contributed by atoms with Crippen molar-refractivity contribution in [2.45, 2.75) is 13.5 Å². The lowest BCUT2D eigenvalue weighted by molar-refractivity contribution is -0.144. The first-order valence-electron chi connectivity index (χ1n) is 5.65. The molecule has 0 fully saturated rings. The van der Waals surface area contributed by atoms with Crippen LogP contribution >= 0.6 is 0 Å². The summed E-state index contributed by atoms with van der Waals surface area (Å²) in [5.74, 6) is -0.217. The molecule has 1 aromatic rings. The highest BCUT2D eigenvalue weighted by Crippen LogP contribution is 2.01. The molecule has 0 bridgehead atoms. The molecule has 0 radical (unpaired) electrons. The molecule has 0 unspecified atom stereocenters. The second-order valence-corrected chi connectivity index (χ2v) is 3.58. The molecule has 0 atom stereocenters. The lowest BCUT2D eigenvalue weighted by Crippen LogP contribution is -2.31. The van der Waals surface area contributed by atoms with Crippen molar-refractivity contribution in [2.75, 3.05) is 19.7 Å². The number of hydrogen-bond donors (Lipinski definition) is 0. The first-order valence-corrected chi connectivity index (χ1v) is 5.65. The van der Waals surface area contributed by atoms with Gasteiger partial charge >= 0.3 is 5.97 Å². The van der Waals surface area contributed by atoms with Crippen LogP contribution in [0, 0.1) is 0 Å². The van der Waals surface area contributed by atoms with E-state index in [1.165, 1.54) is 0 Å². The number of carbonyl (C=O) groups is 1. The molecule has 0 aliphatic rings. The van der Waals surface area contributed by atoms with Crippen LogP contribution in [0.15, 0.2) is 37.1 Å². The standard InChI is InChI=1S/C13H18N2O2/c1-3-9-15(11-13(16)17-4-2)10-12-7-5-6-8-14-12/h3,5-8H,1,4,9-11H2,2H3. The van der Waals surface area contributed by atoms with Crippen LogP contribution in [-0.2, 0) is 16.1 Å². The van der Waals surface area contributed by atoms with Crippen molar-refractivity contribution in [3.63, 3.8) is 0 Å². The van der Waals surface area contributed by atoms with Gasteiger partial charge in [0.25, 0.3) is 0 Å². The maximum absolute atomic E-state index is 11.4. The van der Waals surface area contributed by atoms with Gasteiger partial charge in [0.2, 0.25) is 0 Å². The third-order valence-electron chi connectivity index (χ3n) is 2.16. The zero-order valence-corrected chi connectivity index (χ0v) is 10.1. The highest BCUT2D eigenvalue weighted by Gasteiger charge is 2.11. The van der Waals surface area contributed by atoms with Gasteiger partial charge in [-0.25, -0.2) is 0 Å². The third kappa shape index (κ3) is 5.26. The smallest absolute Gasteiger partial charge is 0.320 e. The number of hydrogen-bond acceptors (Lipinski definition) is 4. The molecule has 0 amide bonds. The van der Waals surface area contributed by atoms with Crippen LogP contribution in [0.2, 0.25) is 0 Å². The summed E-state index contributed by atoms with van der Waals surface area (Å²) in [6.45, 7) is 7.40. The summed E-state index contributed by atoms with van der Waals surface area (Å²) in [6, 6.07) is 5.73. The molecule has 0 aliphatic heterocycles. The zero-order valence-electron chi connectivity index (χ0n) is 10.1. The van der Waals surface area contributed by atoms with Crippen LogP contribution in [0.5, 0.6) is 0 Å². The number of rotatable bonds is 7. The van der Waals surface area contributed by atoms with Gasteiger partial charge in [-0.05, 0) is 19.1 Å². The Morgan fingerprint density at radius 2 is 2.41 bits per heavy atom. The molecule has 4 heteroatoms. The number of pyridine rings is 1. The number of aromatic nitrogens is 1. The quantitative estimate of drug-likeness (QED) is 0.531. The van der Waals surface area contributed by atoms with E-state index in [0.29, 0.717) is 19.7 Å². The molecule has 1 rings (SSSR count). The van der Waals surface area contributed by atoms with Crippen molar-refractivity contribution < 1.29 is 9.53 Å². The average molecular weight is 234 g/mol. The van der Waals surface area contributed by atoms with E-state index in [-0.39, 0.29) is 12.5 Å². The van der Waals surface area contributed by atoms with Gasteiger partial charge in [-0.2, -0.15) is 0 Å². The average Bonchev–Trinajstić information content (AvgIpc) is 2.31. The molecule has 0 aromatic carbocycles. The minimum atomic E-state index is -0.217. The number of nitrogens with zero attached hydrogens (tertiary/aromatic N) is 2. The van der Waals surface area contributed by atoms with Crippen molar-refractivity contribution in [3.8, 4) is 0 Å². The second kappa shape index (κ2) is 7.57. The van der Waals surface area contributed by atoms with E-state index in [1.54, 1.807) is 19.2 Å². The molecular formula is C13H18N2O2. The topological polar surface area (TPSA) is 42.4 Å². The molecular weight excluding hydrogens is 216 g/mol. The van der Waals surface area contributed by atoms with Crippen LogP contribution in [0.4, 0.5) is 0 Å². The summed E-state index contributed by atoms with van der Waals surface area (Å²) in [7, 11) is 0. The largest absolute Gasteiger partial charge is 0.465 e. The molecule has 4 nitrogen and oxygen atoms in total. The van der Waals surface area contributed by atoms with Gasteiger partial charge in [-0.3, -0.25) is 14.7 Å². The lowest BCUT2D eigenvalue weighted by atomic mass is 10.3. The maximum Gasteiger partial charge on any atom is 0.320 e. The van der Waals surface area contributed by atoms with E-state index < -0.39 is 0 Å². The molecule has 0 N–H and O–H groups in total. The van der Waals surface area contributed by atoms with Crippen molar-refractivity contribution in [2.24, 2.45) is 0 Å². The Morgan fingerprint density at radius 3 is 3.00 bits per heavy atom. The van der Waals surface area contributed by atoms with Crippen LogP contribution in [0.25, 0.3) is 0 Å². The van der Waals surface area contributed by atoms with Gasteiger partial charge in [0.05, 0.1) is 18.8 Å². The van der Waals surface area contributed by atoms with Crippen LogP contribution in [0.3, 0.4) is 0 Å². The number of ether oxygens (including phenoxy) is 1. The zero-order chi connectivity index (χ0) is 12.5. The van der Waals surface area contributed by atoms with Crippen LogP contribution in [0.1, 0.15) is 12.6 Å². The Kier molecular flexibility index (Phi) is 5.96. The monoisotopic (exact) mass is 234 g/mol. The van der Waals surface area contributed by atoms with E-state index >= 15 is 0 Å². The van der Waals surface area contributed by atoms with Crippen molar-refractivity contribution in [1.82, 2.24) is 9.88 Å². The van der Waals surface area contributed by atoms with Gasteiger partial charge in [-0.1, -0.05) is 12.1 Å². The fourth-order valence-corrected chi connectivity index (χ4v) is 1.48. The first kappa shape index (κ1) is 13.4. The lowest BCUT2D eigenvalue weighted by Gasteiger charge is -2.18. The van der Waals surface area contributed by atoms with E-state index in [0.717, 1.165) is 5.69 Å². The van der Waals surface area contributed by atoms with E-state index in [1.807, 2.05) is 23.1 Å². The number of esters is 1. The Hall–Kier alpha value is -1.68. The second-order valence-electron chi connectivity index (χ2n) is 3.58. The van der Waals surface area contributed by atoms with E-state index in [4.69, 9.17) is 4.74 Å².